The van der Waals surface area contributed by atoms with Crippen molar-refractivity contribution in [2.24, 2.45) is 11.3 Å². The zero-order valence-corrected chi connectivity index (χ0v) is 10.3. The molecule has 3 heteroatoms. The molecule has 2 heterocycles. The maximum atomic E-state index is 12.6. The summed E-state index contributed by atoms with van der Waals surface area (Å²) in [6.45, 7) is 5.64. The zero-order valence-electron chi connectivity index (χ0n) is 10.3. The maximum absolute atomic E-state index is 12.6. The van der Waals surface area contributed by atoms with Crippen LogP contribution in [0.2, 0.25) is 0 Å². The summed E-state index contributed by atoms with van der Waals surface area (Å²) < 4.78 is 5.45. The molecule has 1 unspecified atom stereocenters. The van der Waals surface area contributed by atoms with Crippen molar-refractivity contribution in [3.05, 3.63) is 0 Å². The van der Waals surface area contributed by atoms with Crippen molar-refractivity contribution in [1.29, 1.82) is 0 Å². The number of hydrogen-bond acceptors (Lipinski definition) is 3. The van der Waals surface area contributed by atoms with Crippen LogP contribution in [-0.4, -0.2) is 32.1 Å². The number of Topliss-reactive ketones (excluding diaryl/α,β-unsaturated/α-hetero) is 1. The van der Waals surface area contributed by atoms with Gasteiger partial charge in [0.15, 0.2) is 0 Å². The van der Waals surface area contributed by atoms with E-state index in [1.807, 2.05) is 0 Å². The first kappa shape index (κ1) is 12.1. The van der Waals surface area contributed by atoms with E-state index in [1.165, 1.54) is 0 Å². The highest BCUT2D eigenvalue weighted by molar-refractivity contribution is 5.87. The Morgan fingerprint density at radius 1 is 1.44 bits per heavy atom. The maximum Gasteiger partial charge on any atom is 0.144 e. The quantitative estimate of drug-likeness (QED) is 0.795. The van der Waals surface area contributed by atoms with Gasteiger partial charge in [-0.15, -0.1) is 0 Å². The lowest BCUT2D eigenvalue weighted by Gasteiger charge is -2.38. The van der Waals surface area contributed by atoms with Gasteiger partial charge in [-0.25, -0.2) is 0 Å². The lowest BCUT2D eigenvalue weighted by atomic mass is 9.69. The molecule has 1 N–H and O–H groups in total. The number of piperidine rings is 1. The molecule has 0 aromatic heterocycles. The first-order valence-electron chi connectivity index (χ1n) is 6.61. The highest BCUT2D eigenvalue weighted by atomic mass is 16.5. The smallest absolute Gasteiger partial charge is 0.144 e. The fraction of sp³-hybridized carbons (Fsp3) is 0.923. The van der Waals surface area contributed by atoms with Crippen LogP contribution < -0.4 is 5.32 Å². The van der Waals surface area contributed by atoms with E-state index in [9.17, 15) is 4.79 Å². The van der Waals surface area contributed by atoms with Crippen molar-refractivity contribution < 1.29 is 9.53 Å². The van der Waals surface area contributed by atoms with Crippen LogP contribution in [0.3, 0.4) is 0 Å². The Morgan fingerprint density at radius 3 is 2.75 bits per heavy atom. The van der Waals surface area contributed by atoms with E-state index in [4.69, 9.17) is 4.74 Å². The SMILES string of the molecule is CCC1(C(=O)C2CCCOC2)CCNCC1. The van der Waals surface area contributed by atoms with Gasteiger partial charge in [-0.2, -0.15) is 0 Å². The van der Waals surface area contributed by atoms with Gasteiger partial charge in [-0.1, -0.05) is 6.92 Å². The summed E-state index contributed by atoms with van der Waals surface area (Å²) in [6.07, 6.45) is 5.10. The highest BCUT2D eigenvalue weighted by Gasteiger charge is 2.41. The highest BCUT2D eigenvalue weighted by Crippen LogP contribution is 2.37. The number of rotatable bonds is 3. The summed E-state index contributed by atoms with van der Waals surface area (Å²) in [7, 11) is 0. The average molecular weight is 225 g/mol. The Kier molecular flexibility index (Phi) is 3.98. The second kappa shape index (κ2) is 5.28. The Balaban J connectivity index is 2.04. The molecule has 2 saturated heterocycles. The summed E-state index contributed by atoms with van der Waals surface area (Å²) in [4.78, 5) is 12.6. The standard InChI is InChI=1S/C13H23NO2/c1-2-13(5-7-14-8-6-13)12(15)11-4-3-9-16-10-11/h11,14H,2-10H2,1H3. The molecule has 0 bridgehead atoms. The summed E-state index contributed by atoms with van der Waals surface area (Å²) in [5, 5.41) is 3.35. The van der Waals surface area contributed by atoms with Crippen LogP contribution in [0, 0.1) is 11.3 Å². The minimum atomic E-state index is -0.0450. The monoisotopic (exact) mass is 225 g/mol. The van der Waals surface area contributed by atoms with E-state index in [-0.39, 0.29) is 11.3 Å². The zero-order chi connectivity index (χ0) is 11.4. The second-order valence-corrected chi connectivity index (χ2v) is 5.16. The molecule has 92 valence electrons. The molecular weight excluding hydrogens is 202 g/mol. The third kappa shape index (κ3) is 2.30. The van der Waals surface area contributed by atoms with Gasteiger partial charge < -0.3 is 10.1 Å². The minimum Gasteiger partial charge on any atom is -0.381 e. The second-order valence-electron chi connectivity index (χ2n) is 5.16. The molecule has 2 aliphatic rings. The number of nitrogens with one attached hydrogen (secondary N) is 1. The summed E-state index contributed by atoms with van der Waals surface area (Å²) in [6, 6.07) is 0. The fourth-order valence-corrected chi connectivity index (χ4v) is 3.06. The molecule has 0 radical (unpaired) electrons. The largest absolute Gasteiger partial charge is 0.381 e. The fourth-order valence-electron chi connectivity index (χ4n) is 3.06. The van der Waals surface area contributed by atoms with Crippen LogP contribution in [0.25, 0.3) is 0 Å². The first-order valence-corrected chi connectivity index (χ1v) is 6.61. The Bertz CT molecular complexity index is 240. The molecule has 3 nitrogen and oxygen atoms in total. The molecular formula is C13H23NO2. The molecule has 2 rings (SSSR count). The van der Waals surface area contributed by atoms with Gasteiger partial charge in [-0.05, 0) is 45.2 Å². The van der Waals surface area contributed by atoms with Crippen LogP contribution in [0.4, 0.5) is 0 Å². The Labute approximate surface area is 97.9 Å². The van der Waals surface area contributed by atoms with Crippen molar-refractivity contribution in [3.63, 3.8) is 0 Å². The van der Waals surface area contributed by atoms with Crippen LogP contribution in [0.5, 0.6) is 0 Å². The third-order valence-electron chi connectivity index (χ3n) is 4.29. The molecule has 16 heavy (non-hydrogen) atoms. The van der Waals surface area contributed by atoms with Crippen LogP contribution >= 0.6 is 0 Å². The summed E-state index contributed by atoms with van der Waals surface area (Å²) >= 11 is 0. The van der Waals surface area contributed by atoms with Gasteiger partial charge >= 0.3 is 0 Å². The third-order valence-corrected chi connectivity index (χ3v) is 4.29. The summed E-state index contributed by atoms with van der Waals surface area (Å²) in [5.74, 6) is 0.656. The van der Waals surface area contributed by atoms with Gasteiger partial charge in [0.2, 0.25) is 0 Å². The van der Waals surface area contributed by atoms with Gasteiger partial charge in [0.1, 0.15) is 5.78 Å². The van der Waals surface area contributed by atoms with Crippen molar-refractivity contribution in [2.45, 2.75) is 39.0 Å². The van der Waals surface area contributed by atoms with Crippen molar-refractivity contribution in [1.82, 2.24) is 5.32 Å². The molecule has 2 fully saturated rings. The lowest BCUT2D eigenvalue weighted by molar-refractivity contribution is -0.139. The number of ketones is 1. The van der Waals surface area contributed by atoms with Crippen LogP contribution in [0.15, 0.2) is 0 Å². The van der Waals surface area contributed by atoms with Crippen molar-refractivity contribution in [3.8, 4) is 0 Å². The average Bonchev–Trinajstić information content (AvgIpc) is 2.39. The lowest BCUT2D eigenvalue weighted by Crippen LogP contribution is -2.45. The molecule has 0 saturated carbocycles. The molecule has 0 aliphatic carbocycles. The van der Waals surface area contributed by atoms with Crippen LogP contribution in [-0.2, 0) is 9.53 Å². The molecule has 2 aliphatic heterocycles. The molecule has 0 amide bonds. The number of ether oxygens (including phenoxy) is 1. The van der Waals surface area contributed by atoms with E-state index in [2.05, 4.69) is 12.2 Å². The van der Waals surface area contributed by atoms with Gasteiger partial charge in [-0.3, -0.25) is 4.79 Å². The van der Waals surface area contributed by atoms with Crippen molar-refractivity contribution in [2.75, 3.05) is 26.3 Å². The van der Waals surface area contributed by atoms with E-state index >= 15 is 0 Å². The van der Waals surface area contributed by atoms with E-state index in [0.717, 1.165) is 51.8 Å². The van der Waals surface area contributed by atoms with E-state index in [1.54, 1.807) is 0 Å². The van der Waals surface area contributed by atoms with Crippen LogP contribution in [0.1, 0.15) is 39.0 Å². The first-order chi connectivity index (χ1) is 7.78. The molecule has 0 aromatic carbocycles. The number of carbonyl (C=O) groups is 1. The van der Waals surface area contributed by atoms with Gasteiger partial charge in [0, 0.05) is 17.9 Å². The Morgan fingerprint density at radius 2 is 2.19 bits per heavy atom. The minimum absolute atomic E-state index is 0.0450. The molecule has 0 aromatic rings. The van der Waals surface area contributed by atoms with E-state index in [0.29, 0.717) is 12.4 Å². The predicted octanol–water partition coefficient (Wildman–Crippen LogP) is 1.76. The number of hydrogen-bond donors (Lipinski definition) is 1. The van der Waals surface area contributed by atoms with Gasteiger partial charge in [0.25, 0.3) is 0 Å². The normalized spacial score (nSPS) is 29.9. The number of carbonyl (C=O) groups excluding carboxylic acids is 1. The topological polar surface area (TPSA) is 38.3 Å². The predicted molar refractivity (Wildman–Crippen MR) is 63.4 cm³/mol. The van der Waals surface area contributed by atoms with E-state index < -0.39 is 0 Å². The van der Waals surface area contributed by atoms with Gasteiger partial charge in [0.05, 0.1) is 6.61 Å². The van der Waals surface area contributed by atoms with Crippen molar-refractivity contribution >= 4 is 5.78 Å². The molecule has 0 spiro atoms. The Hall–Kier alpha value is -0.410. The summed E-state index contributed by atoms with van der Waals surface area (Å²) in [5.41, 5.74) is -0.0450. The molecule has 1 atom stereocenters.